The van der Waals surface area contributed by atoms with Gasteiger partial charge in [-0.3, -0.25) is 4.79 Å². The average Bonchev–Trinajstić information content (AvgIpc) is 2.68. The van der Waals surface area contributed by atoms with Crippen LogP contribution in [0.2, 0.25) is 0 Å². The summed E-state index contributed by atoms with van der Waals surface area (Å²) in [4.78, 5) is 24.5. The predicted octanol–water partition coefficient (Wildman–Crippen LogP) is 5.44. The predicted molar refractivity (Wildman–Crippen MR) is 111 cm³/mol. The molecule has 1 amide bonds. The maximum absolute atomic E-state index is 12.1. The van der Waals surface area contributed by atoms with Crippen LogP contribution in [0.3, 0.4) is 0 Å². The summed E-state index contributed by atoms with van der Waals surface area (Å²) in [5.74, 6) is -0.255. The zero-order chi connectivity index (χ0) is 19.1. The third-order valence-electron chi connectivity index (χ3n) is 4.22. The number of unbranched alkanes of at least 4 members (excludes halogenated alkanes) is 1. The molecule has 3 aromatic rings. The SMILES string of the molecule is O=C(CCCCSc1ccc2ccccc2c1)Nc1ccccc1C(=O)O. The van der Waals surface area contributed by atoms with E-state index < -0.39 is 5.97 Å². The van der Waals surface area contributed by atoms with Gasteiger partial charge in [0.2, 0.25) is 5.91 Å². The number of benzene rings is 3. The summed E-state index contributed by atoms with van der Waals surface area (Å²) in [6.45, 7) is 0. The number of amides is 1. The fourth-order valence-electron chi connectivity index (χ4n) is 2.83. The number of fused-ring (bicyclic) bond motifs is 1. The van der Waals surface area contributed by atoms with Crippen molar-refractivity contribution in [3.63, 3.8) is 0 Å². The number of hydrogen-bond acceptors (Lipinski definition) is 3. The van der Waals surface area contributed by atoms with Crippen molar-refractivity contribution >= 4 is 40.1 Å². The molecule has 0 aliphatic heterocycles. The molecule has 0 spiro atoms. The van der Waals surface area contributed by atoms with Gasteiger partial charge in [-0.1, -0.05) is 42.5 Å². The van der Waals surface area contributed by atoms with Crippen LogP contribution in [0.4, 0.5) is 5.69 Å². The molecule has 3 rings (SSSR count). The third kappa shape index (κ3) is 5.34. The zero-order valence-electron chi connectivity index (χ0n) is 14.9. The number of carbonyl (C=O) groups is 2. The van der Waals surface area contributed by atoms with Crippen LogP contribution in [0.15, 0.2) is 71.6 Å². The first kappa shape index (κ1) is 19.0. The lowest BCUT2D eigenvalue weighted by Gasteiger charge is -2.08. The molecule has 0 radical (unpaired) electrons. The molecule has 5 heteroatoms. The molecule has 0 saturated carbocycles. The molecule has 0 aromatic heterocycles. The zero-order valence-corrected chi connectivity index (χ0v) is 15.7. The van der Waals surface area contributed by atoms with Gasteiger partial charge in [-0.25, -0.2) is 4.79 Å². The van der Waals surface area contributed by atoms with Crippen molar-refractivity contribution in [3.05, 3.63) is 72.3 Å². The molecular weight excluding hydrogens is 358 g/mol. The number of carboxylic acids is 1. The fourth-order valence-corrected chi connectivity index (χ4v) is 3.78. The van der Waals surface area contributed by atoms with E-state index in [0.29, 0.717) is 12.1 Å². The monoisotopic (exact) mass is 379 g/mol. The number of para-hydroxylation sites is 1. The Hall–Kier alpha value is -2.79. The van der Waals surface area contributed by atoms with Crippen LogP contribution in [0.5, 0.6) is 0 Å². The van der Waals surface area contributed by atoms with Gasteiger partial charge in [-0.05, 0) is 53.6 Å². The van der Waals surface area contributed by atoms with Gasteiger partial charge in [-0.2, -0.15) is 0 Å². The largest absolute Gasteiger partial charge is 0.478 e. The van der Waals surface area contributed by atoms with Crippen LogP contribution in [0, 0.1) is 0 Å². The van der Waals surface area contributed by atoms with Gasteiger partial charge in [-0.15, -0.1) is 11.8 Å². The second-order valence-corrected chi connectivity index (χ2v) is 7.38. The summed E-state index contributed by atoms with van der Waals surface area (Å²) in [6.07, 6.45) is 2.07. The van der Waals surface area contributed by atoms with E-state index in [2.05, 4.69) is 35.6 Å². The Morgan fingerprint density at radius 2 is 1.63 bits per heavy atom. The maximum atomic E-state index is 12.1. The molecule has 0 saturated heterocycles. The molecule has 0 aliphatic carbocycles. The second-order valence-electron chi connectivity index (χ2n) is 6.21. The molecule has 3 aromatic carbocycles. The third-order valence-corrected chi connectivity index (χ3v) is 5.30. The van der Waals surface area contributed by atoms with Crippen molar-refractivity contribution in [1.29, 1.82) is 0 Å². The molecule has 27 heavy (non-hydrogen) atoms. The number of nitrogens with one attached hydrogen (secondary N) is 1. The van der Waals surface area contributed by atoms with E-state index in [-0.39, 0.29) is 11.5 Å². The number of anilines is 1. The van der Waals surface area contributed by atoms with E-state index in [4.69, 9.17) is 5.11 Å². The Morgan fingerprint density at radius 3 is 2.44 bits per heavy atom. The van der Waals surface area contributed by atoms with Crippen molar-refractivity contribution in [2.24, 2.45) is 0 Å². The van der Waals surface area contributed by atoms with Crippen LogP contribution in [0.1, 0.15) is 29.6 Å². The molecule has 0 atom stereocenters. The van der Waals surface area contributed by atoms with Crippen molar-refractivity contribution in [3.8, 4) is 0 Å². The number of hydrogen-bond donors (Lipinski definition) is 2. The van der Waals surface area contributed by atoms with E-state index in [0.717, 1.165) is 18.6 Å². The van der Waals surface area contributed by atoms with Gasteiger partial charge in [0.1, 0.15) is 0 Å². The van der Waals surface area contributed by atoms with Crippen LogP contribution in [0.25, 0.3) is 10.8 Å². The number of carbonyl (C=O) groups excluding carboxylic acids is 1. The van der Waals surface area contributed by atoms with E-state index in [1.54, 1.807) is 30.0 Å². The van der Waals surface area contributed by atoms with E-state index in [1.165, 1.54) is 21.7 Å². The second kappa shape index (κ2) is 9.24. The van der Waals surface area contributed by atoms with Gasteiger partial charge >= 0.3 is 5.97 Å². The summed E-state index contributed by atoms with van der Waals surface area (Å²) < 4.78 is 0. The van der Waals surface area contributed by atoms with Crippen molar-refractivity contribution in [2.45, 2.75) is 24.2 Å². The van der Waals surface area contributed by atoms with Crippen molar-refractivity contribution in [2.75, 3.05) is 11.1 Å². The van der Waals surface area contributed by atoms with Crippen LogP contribution in [-0.2, 0) is 4.79 Å². The first-order chi connectivity index (χ1) is 13.1. The summed E-state index contributed by atoms with van der Waals surface area (Å²) in [5.41, 5.74) is 0.457. The lowest BCUT2D eigenvalue weighted by atomic mass is 10.1. The van der Waals surface area contributed by atoms with Crippen molar-refractivity contribution in [1.82, 2.24) is 0 Å². The summed E-state index contributed by atoms with van der Waals surface area (Å²) >= 11 is 1.79. The minimum Gasteiger partial charge on any atom is -0.478 e. The molecule has 0 aliphatic rings. The molecule has 0 bridgehead atoms. The molecule has 138 valence electrons. The lowest BCUT2D eigenvalue weighted by Crippen LogP contribution is -2.14. The minimum absolute atomic E-state index is 0.109. The summed E-state index contributed by atoms with van der Waals surface area (Å²) in [7, 11) is 0. The lowest BCUT2D eigenvalue weighted by molar-refractivity contribution is -0.116. The molecule has 0 heterocycles. The Bertz CT molecular complexity index is 955. The van der Waals surface area contributed by atoms with Crippen LogP contribution >= 0.6 is 11.8 Å². The highest BCUT2D eigenvalue weighted by molar-refractivity contribution is 7.99. The first-order valence-electron chi connectivity index (χ1n) is 8.87. The first-order valence-corrected chi connectivity index (χ1v) is 9.86. The molecule has 4 nitrogen and oxygen atoms in total. The highest BCUT2D eigenvalue weighted by Crippen LogP contribution is 2.24. The quantitative estimate of drug-likeness (QED) is 0.404. The van der Waals surface area contributed by atoms with Gasteiger partial charge in [0.15, 0.2) is 0 Å². The highest BCUT2D eigenvalue weighted by atomic mass is 32.2. The van der Waals surface area contributed by atoms with E-state index >= 15 is 0 Å². The fraction of sp³-hybridized carbons (Fsp3) is 0.182. The van der Waals surface area contributed by atoms with Gasteiger partial charge in [0.05, 0.1) is 11.3 Å². The van der Waals surface area contributed by atoms with Crippen molar-refractivity contribution < 1.29 is 14.7 Å². The molecule has 0 fully saturated rings. The van der Waals surface area contributed by atoms with Gasteiger partial charge in [0.25, 0.3) is 0 Å². The maximum Gasteiger partial charge on any atom is 0.337 e. The number of thioether (sulfide) groups is 1. The Morgan fingerprint density at radius 1 is 0.889 bits per heavy atom. The van der Waals surface area contributed by atoms with Gasteiger partial charge in [0, 0.05) is 11.3 Å². The molecule has 0 unspecified atom stereocenters. The standard InChI is InChI=1S/C22H21NO3S/c24-21(23-20-10-4-3-9-19(20)22(25)26)11-5-6-14-27-18-13-12-16-7-1-2-8-17(16)15-18/h1-4,7-10,12-13,15H,5-6,11,14H2,(H,23,24)(H,25,26). The summed E-state index contributed by atoms with van der Waals surface area (Å²) in [5, 5.41) is 14.3. The topological polar surface area (TPSA) is 66.4 Å². The van der Waals surface area contributed by atoms with Crippen LogP contribution < -0.4 is 5.32 Å². The Labute approximate surface area is 162 Å². The molecular formula is C22H21NO3S. The smallest absolute Gasteiger partial charge is 0.337 e. The Kier molecular flexibility index (Phi) is 6.49. The summed E-state index contributed by atoms with van der Waals surface area (Å²) in [6, 6.07) is 21.2. The Balaban J connectivity index is 1.42. The normalized spacial score (nSPS) is 10.7. The minimum atomic E-state index is -1.04. The highest BCUT2D eigenvalue weighted by Gasteiger charge is 2.11. The molecule has 2 N–H and O–H groups in total. The van der Waals surface area contributed by atoms with E-state index in [9.17, 15) is 9.59 Å². The number of rotatable bonds is 8. The average molecular weight is 379 g/mol. The van der Waals surface area contributed by atoms with Crippen LogP contribution in [-0.4, -0.2) is 22.7 Å². The van der Waals surface area contributed by atoms with E-state index in [1.807, 2.05) is 12.1 Å². The number of aromatic carboxylic acids is 1. The number of carboxylic acid groups (broad SMARTS) is 1. The van der Waals surface area contributed by atoms with Gasteiger partial charge < -0.3 is 10.4 Å².